The third kappa shape index (κ3) is 3.05. The summed E-state index contributed by atoms with van der Waals surface area (Å²) in [6.07, 6.45) is 1.73. The van der Waals surface area contributed by atoms with Crippen LogP contribution in [0.25, 0.3) is 21.8 Å². The van der Waals surface area contributed by atoms with Crippen molar-refractivity contribution >= 4 is 11.3 Å². The van der Waals surface area contributed by atoms with Crippen molar-refractivity contribution in [1.82, 2.24) is 9.97 Å². The van der Waals surface area contributed by atoms with E-state index in [1.54, 1.807) is 31.8 Å². The summed E-state index contributed by atoms with van der Waals surface area (Å²) in [6.45, 7) is 4.12. The van der Waals surface area contributed by atoms with Crippen LogP contribution in [0.15, 0.2) is 35.8 Å². The maximum Gasteiger partial charge on any atom is 0.213 e. The third-order valence-electron chi connectivity index (χ3n) is 3.71. The molecular formula is C18H18N2O2S. The maximum atomic E-state index is 5.38. The van der Waals surface area contributed by atoms with Crippen molar-refractivity contribution in [3.63, 3.8) is 0 Å². The van der Waals surface area contributed by atoms with Gasteiger partial charge in [-0.1, -0.05) is 0 Å². The summed E-state index contributed by atoms with van der Waals surface area (Å²) in [5.74, 6) is 1.50. The van der Waals surface area contributed by atoms with Crippen LogP contribution >= 0.6 is 11.3 Å². The summed E-state index contributed by atoms with van der Waals surface area (Å²) in [5.41, 5.74) is 5.37. The molecule has 5 heteroatoms. The van der Waals surface area contributed by atoms with Crippen LogP contribution < -0.4 is 9.47 Å². The fourth-order valence-electron chi connectivity index (χ4n) is 2.47. The normalized spacial score (nSPS) is 10.6. The zero-order chi connectivity index (χ0) is 16.4. The fourth-order valence-corrected chi connectivity index (χ4v) is 3.29. The van der Waals surface area contributed by atoms with E-state index in [2.05, 4.69) is 29.4 Å². The summed E-state index contributed by atoms with van der Waals surface area (Å²) < 4.78 is 10.6. The summed E-state index contributed by atoms with van der Waals surface area (Å²) >= 11 is 1.62. The van der Waals surface area contributed by atoms with E-state index in [1.165, 1.54) is 0 Å². The Morgan fingerprint density at radius 1 is 1.00 bits per heavy atom. The van der Waals surface area contributed by atoms with Crippen molar-refractivity contribution < 1.29 is 9.47 Å². The Morgan fingerprint density at radius 2 is 1.83 bits per heavy atom. The van der Waals surface area contributed by atoms with Crippen molar-refractivity contribution in [2.24, 2.45) is 0 Å². The molecule has 0 aliphatic carbocycles. The minimum absolute atomic E-state index is 0.593. The minimum atomic E-state index is 0.593. The average Bonchev–Trinajstić information content (AvgIpc) is 3.06. The largest absolute Gasteiger partial charge is 0.496 e. The number of thiazole rings is 1. The lowest BCUT2D eigenvalue weighted by Gasteiger charge is -2.09. The number of pyridine rings is 1. The molecule has 0 amide bonds. The molecule has 3 rings (SSSR count). The number of methoxy groups -OCH3 is 2. The molecule has 0 radical (unpaired) electrons. The Bertz CT molecular complexity index is 843. The predicted molar refractivity (Wildman–Crippen MR) is 93.4 cm³/mol. The Kier molecular flexibility index (Phi) is 4.30. The second kappa shape index (κ2) is 6.38. The number of rotatable bonds is 4. The van der Waals surface area contributed by atoms with Crippen LogP contribution in [0, 0.1) is 13.8 Å². The summed E-state index contributed by atoms with van der Waals surface area (Å²) in [7, 11) is 3.31. The first-order valence-electron chi connectivity index (χ1n) is 7.24. The average molecular weight is 326 g/mol. The molecule has 0 aliphatic rings. The Morgan fingerprint density at radius 3 is 2.57 bits per heavy atom. The first-order valence-corrected chi connectivity index (χ1v) is 8.12. The van der Waals surface area contributed by atoms with Gasteiger partial charge in [0, 0.05) is 28.8 Å². The van der Waals surface area contributed by atoms with Crippen molar-refractivity contribution in [1.29, 1.82) is 0 Å². The van der Waals surface area contributed by atoms with Crippen LogP contribution in [0.3, 0.4) is 0 Å². The number of hydrogen-bond donors (Lipinski definition) is 0. The van der Waals surface area contributed by atoms with E-state index < -0.39 is 0 Å². The van der Waals surface area contributed by atoms with Crippen LogP contribution in [0.4, 0.5) is 0 Å². The first-order chi connectivity index (χ1) is 11.1. The van der Waals surface area contributed by atoms with Gasteiger partial charge in [-0.3, -0.25) is 0 Å². The van der Waals surface area contributed by atoms with Crippen molar-refractivity contribution in [2.75, 3.05) is 14.2 Å². The molecule has 0 bridgehead atoms. The van der Waals surface area contributed by atoms with Crippen LogP contribution in [-0.4, -0.2) is 24.2 Å². The maximum absolute atomic E-state index is 5.38. The second-order valence-electron chi connectivity index (χ2n) is 5.26. The zero-order valence-electron chi connectivity index (χ0n) is 13.6. The van der Waals surface area contributed by atoms with Crippen molar-refractivity contribution in [3.8, 4) is 33.5 Å². The lowest BCUT2D eigenvalue weighted by atomic mass is 10.0. The van der Waals surface area contributed by atoms with E-state index >= 15 is 0 Å². The molecule has 0 unspecified atom stereocenters. The number of hydrogen-bond acceptors (Lipinski definition) is 5. The Labute approximate surface area is 139 Å². The molecule has 3 aromatic rings. The van der Waals surface area contributed by atoms with Gasteiger partial charge in [0.1, 0.15) is 10.8 Å². The molecule has 2 heterocycles. The number of aromatic nitrogens is 2. The summed E-state index contributed by atoms with van der Waals surface area (Å²) in [5, 5.41) is 3.03. The zero-order valence-corrected chi connectivity index (χ0v) is 14.4. The number of ether oxygens (including phenoxy) is 2. The topological polar surface area (TPSA) is 44.2 Å². The molecule has 2 aromatic heterocycles. The molecule has 118 valence electrons. The fraction of sp³-hybridized carbons (Fsp3) is 0.222. The van der Waals surface area contributed by atoms with E-state index in [1.807, 2.05) is 19.1 Å². The quantitative estimate of drug-likeness (QED) is 0.708. The van der Waals surface area contributed by atoms with Gasteiger partial charge >= 0.3 is 0 Å². The van der Waals surface area contributed by atoms with E-state index in [4.69, 9.17) is 14.5 Å². The monoisotopic (exact) mass is 326 g/mol. The van der Waals surface area contributed by atoms with Gasteiger partial charge in [0.05, 0.1) is 19.9 Å². The van der Waals surface area contributed by atoms with Gasteiger partial charge in [0.15, 0.2) is 0 Å². The second-order valence-corrected chi connectivity index (χ2v) is 6.12. The van der Waals surface area contributed by atoms with Gasteiger partial charge in [-0.2, -0.15) is 0 Å². The van der Waals surface area contributed by atoms with Gasteiger partial charge in [0.25, 0.3) is 0 Å². The van der Waals surface area contributed by atoms with Crippen LogP contribution in [0.2, 0.25) is 0 Å². The van der Waals surface area contributed by atoms with Gasteiger partial charge in [-0.25, -0.2) is 9.97 Å². The molecule has 4 nitrogen and oxygen atoms in total. The standard InChI is InChI=1S/C18H18N2O2S/c1-11-8-16(21-3)12(2)7-14(11)15-10-23-18(20-15)13-5-6-19-17(9-13)22-4/h5-10H,1-4H3. The molecule has 0 spiro atoms. The van der Waals surface area contributed by atoms with Gasteiger partial charge in [-0.05, 0) is 43.2 Å². The Balaban J connectivity index is 2.00. The molecular weight excluding hydrogens is 308 g/mol. The van der Waals surface area contributed by atoms with Gasteiger partial charge in [0.2, 0.25) is 5.88 Å². The number of nitrogens with zero attached hydrogens (tertiary/aromatic N) is 2. The molecule has 23 heavy (non-hydrogen) atoms. The highest BCUT2D eigenvalue weighted by molar-refractivity contribution is 7.13. The van der Waals surface area contributed by atoms with E-state index in [0.717, 1.165) is 38.7 Å². The van der Waals surface area contributed by atoms with E-state index in [9.17, 15) is 0 Å². The summed E-state index contributed by atoms with van der Waals surface area (Å²) in [6, 6.07) is 8.02. The third-order valence-corrected chi connectivity index (χ3v) is 4.60. The van der Waals surface area contributed by atoms with Gasteiger partial charge < -0.3 is 9.47 Å². The van der Waals surface area contributed by atoms with Crippen molar-refractivity contribution in [3.05, 3.63) is 47.0 Å². The van der Waals surface area contributed by atoms with E-state index in [0.29, 0.717) is 5.88 Å². The number of aryl methyl sites for hydroxylation is 2. The minimum Gasteiger partial charge on any atom is -0.496 e. The van der Waals surface area contributed by atoms with Crippen molar-refractivity contribution in [2.45, 2.75) is 13.8 Å². The van der Waals surface area contributed by atoms with Crippen LogP contribution in [0.1, 0.15) is 11.1 Å². The molecule has 0 saturated carbocycles. The lowest BCUT2D eigenvalue weighted by Crippen LogP contribution is -1.92. The molecule has 0 N–H and O–H groups in total. The molecule has 0 aliphatic heterocycles. The Hall–Kier alpha value is -2.40. The molecule has 1 aromatic carbocycles. The predicted octanol–water partition coefficient (Wildman–Crippen LogP) is 4.51. The highest BCUT2D eigenvalue weighted by Gasteiger charge is 2.12. The highest BCUT2D eigenvalue weighted by atomic mass is 32.1. The molecule has 0 fully saturated rings. The SMILES string of the molecule is COc1cc(-c2nc(-c3cc(C)c(OC)cc3C)cs2)ccn1. The summed E-state index contributed by atoms with van der Waals surface area (Å²) in [4.78, 5) is 8.91. The molecule has 0 saturated heterocycles. The van der Waals surface area contributed by atoms with E-state index in [-0.39, 0.29) is 0 Å². The molecule has 0 atom stereocenters. The smallest absolute Gasteiger partial charge is 0.213 e. The lowest BCUT2D eigenvalue weighted by molar-refractivity contribution is 0.398. The number of benzene rings is 1. The highest BCUT2D eigenvalue weighted by Crippen LogP contribution is 2.34. The van der Waals surface area contributed by atoms with Gasteiger partial charge in [-0.15, -0.1) is 11.3 Å². The van der Waals surface area contributed by atoms with Crippen LogP contribution in [-0.2, 0) is 0 Å². The van der Waals surface area contributed by atoms with Crippen LogP contribution in [0.5, 0.6) is 11.6 Å². The first kappa shape index (κ1) is 15.5.